The van der Waals surface area contributed by atoms with Gasteiger partial charge in [0.15, 0.2) is 0 Å². The van der Waals surface area contributed by atoms with Crippen molar-refractivity contribution in [3.63, 3.8) is 0 Å². The van der Waals surface area contributed by atoms with Crippen LogP contribution in [0.5, 0.6) is 0 Å². The molecule has 14 heavy (non-hydrogen) atoms. The minimum Gasteiger partial charge on any atom is -0.342 e. The summed E-state index contributed by atoms with van der Waals surface area (Å²) < 4.78 is 0. The van der Waals surface area contributed by atoms with Crippen molar-refractivity contribution in [1.29, 1.82) is 0 Å². The molecule has 1 rings (SSSR count). The van der Waals surface area contributed by atoms with Crippen molar-refractivity contribution >= 4 is 5.91 Å². The van der Waals surface area contributed by atoms with Gasteiger partial charge in [0.05, 0.1) is 0 Å². The Labute approximate surface area is 86.6 Å². The van der Waals surface area contributed by atoms with Gasteiger partial charge >= 0.3 is 0 Å². The molecule has 3 nitrogen and oxygen atoms in total. The van der Waals surface area contributed by atoms with Gasteiger partial charge in [0.2, 0.25) is 5.91 Å². The van der Waals surface area contributed by atoms with E-state index in [9.17, 15) is 4.79 Å². The van der Waals surface area contributed by atoms with Gasteiger partial charge in [0.1, 0.15) is 0 Å². The second-order valence-corrected chi connectivity index (χ2v) is 5.28. The number of carbonyl (C=O) groups is 1. The fraction of sp³-hybridized carbons (Fsp3) is 0.909. The normalized spacial score (nSPS) is 24.1. The highest BCUT2D eigenvalue weighted by Crippen LogP contribution is 2.22. The zero-order chi connectivity index (χ0) is 10.8. The van der Waals surface area contributed by atoms with E-state index < -0.39 is 0 Å². The molecule has 1 fully saturated rings. The van der Waals surface area contributed by atoms with Crippen LogP contribution in [0.2, 0.25) is 0 Å². The number of rotatable bonds is 3. The smallest absolute Gasteiger partial charge is 0.222 e. The van der Waals surface area contributed by atoms with Crippen LogP contribution in [0.15, 0.2) is 0 Å². The van der Waals surface area contributed by atoms with E-state index in [1.807, 2.05) is 4.90 Å². The highest BCUT2D eigenvalue weighted by molar-refractivity contribution is 5.77. The van der Waals surface area contributed by atoms with Gasteiger partial charge < -0.3 is 10.6 Å². The van der Waals surface area contributed by atoms with Gasteiger partial charge in [0.25, 0.3) is 0 Å². The molecule has 0 aromatic rings. The number of nitrogens with zero attached hydrogens (tertiary/aromatic N) is 1. The third-order valence-corrected chi connectivity index (χ3v) is 2.94. The van der Waals surface area contributed by atoms with Gasteiger partial charge in [-0.3, -0.25) is 4.79 Å². The molecule has 3 heteroatoms. The molecule has 1 unspecified atom stereocenters. The molecule has 0 radical (unpaired) electrons. The zero-order valence-electron chi connectivity index (χ0n) is 9.55. The van der Waals surface area contributed by atoms with Crippen molar-refractivity contribution in [2.75, 3.05) is 19.6 Å². The van der Waals surface area contributed by atoms with Crippen LogP contribution < -0.4 is 5.73 Å². The number of amides is 1. The lowest BCUT2D eigenvalue weighted by molar-refractivity contribution is -0.136. The summed E-state index contributed by atoms with van der Waals surface area (Å²) in [6.07, 6.45) is 1.84. The second kappa shape index (κ2) is 4.30. The summed E-state index contributed by atoms with van der Waals surface area (Å²) in [5.41, 5.74) is 5.71. The predicted molar refractivity (Wildman–Crippen MR) is 57.8 cm³/mol. The molecule has 0 aromatic carbocycles. The van der Waals surface area contributed by atoms with Crippen LogP contribution in [0.4, 0.5) is 0 Å². The second-order valence-electron chi connectivity index (χ2n) is 5.28. The Morgan fingerprint density at radius 2 is 2.21 bits per heavy atom. The summed E-state index contributed by atoms with van der Waals surface area (Å²) >= 11 is 0. The number of likely N-dealkylation sites (tertiary alicyclic amines) is 1. The SMILES string of the molecule is CC1CCN(CC(C)(C)CN)C(=O)C1. The molecular weight excluding hydrogens is 176 g/mol. The number of hydrogen-bond acceptors (Lipinski definition) is 2. The van der Waals surface area contributed by atoms with Gasteiger partial charge in [0, 0.05) is 19.5 Å². The standard InChI is InChI=1S/C11H22N2O/c1-9-4-5-13(10(14)6-9)8-11(2,3)7-12/h9H,4-8,12H2,1-3H3. The van der Waals surface area contributed by atoms with Crippen LogP contribution in [-0.2, 0) is 4.79 Å². The maximum atomic E-state index is 11.7. The summed E-state index contributed by atoms with van der Waals surface area (Å²) in [6.45, 7) is 8.70. The zero-order valence-corrected chi connectivity index (χ0v) is 9.55. The van der Waals surface area contributed by atoms with E-state index in [1.165, 1.54) is 0 Å². The first-order valence-electron chi connectivity index (χ1n) is 5.42. The van der Waals surface area contributed by atoms with E-state index in [2.05, 4.69) is 20.8 Å². The molecule has 1 atom stereocenters. The molecular formula is C11H22N2O. The highest BCUT2D eigenvalue weighted by atomic mass is 16.2. The first-order valence-corrected chi connectivity index (χ1v) is 5.42. The van der Waals surface area contributed by atoms with Gasteiger partial charge in [-0.05, 0) is 24.3 Å². The molecule has 1 saturated heterocycles. The fourth-order valence-corrected chi connectivity index (χ4v) is 1.78. The van der Waals surface area contributed by atoms with E-state index in [0.717, 1.165) is 19.5 Å². The molecule has 82 valence electrons. The Balaban J connectivity index is 2.49. The van der Waals surface area contributed by atoms with Crippen LogP contribution in [0.1, 0.15) is 33.6 Å². The molecule has 0 spiro atoms. The van der Waals surface area contributed by atoms with Gasteiger partial charge in [-0.1, -0.05) is 20.8 Å². The van der Waals surface area contributed by atoms with E-state index in [-0.39, 0.29) is 5.41 Å². The average molecular weight is 198 g/mol. The summed E-state index contributed by atoms with van der Waals surface area (Å²) in [5.74, 6) is 0.852. The average Bonchev–Trinajstić information content (AvgIpc) is 2.10. The fourth-order valence-electron chi connectivity index (χ4n) is 1.78. The van der Waals surface area contributed by atoms with E-state index >= 15 is 0 Å². The molecule has 1 aliphatic heterocycles. The van der Waals surface area contributed by atoms with Crippen molar-refractivity contribution < 1.29 is 4.79 Å². The van der Waals surface area contributed by atoms with Crippen LogP contribution in [-0.4, -0.2) is 30.4 Å². The van der Waals surface area contributed by atoms with Gasteiger partial charge in [-0.25, -0.2) is 0 Å². The van der Waals surface area contributed by atoms with Crippen LogP contribution >= 0.6 is 0 Å². The van der Waals surface area contributed by atoms with Crippen molar-refractivity contribution in [2.24, 2.45) is 17.1 Å². The summed E-state index contributed by atoms with van der Waals surface area (Å²) in [6, 6.07) is 0. The van der Waals surface area contributed by atoms with E-state index in [0.29, 0.717) is 24.8 Å². The van der Waals surface area contributed by atoms with Crippen LogP contribution in [0, 0.1) is 11.3 Å². The number of carbonyl (C=O) groups excluding carboxylic acids is 1. The number of piperidine rings is 1. The quantitative estimate of drug-likeness (QED) is 0.741. The topological polar surface area (TPSA) is 46.3 Å². The molecule has 2 N–H and O–H groups in total. The summed E-state index contributed by atoms with van der Waals surface area (Å²) in [4.78, 5) is 13.6. The third-order valence-electron chi connectivity index (χ3n) is 2.94. The molecule has 1 aliphatic rings. The molecule has 0 saturated carbocycles. The Kier molecular flexibility index (Phi) is 3.53. The van der Waals surface area contributed by atoms with Crippen molar-refractivity contribution in [3.05, 3.63) is 0 Å². The third kappa shape index (κ3) is 2.98. The minimum absolute atomic E-state index is 0.0518. The minimum atomic E-state index is 0.0518. The van der Waals surface area contributed by atoms with Crippen molar-refractivity contribution in [1.82, 2.24) is 4.90 Å². The first kappa shape index (κ1) is 11.5. The lowest BCUT2D eigenvalue weighted by Gasteiger charge is -2.36. The maximum Gasteiger partial charge on any atom is 0.222 e. The van der Waals surface area contributed by atoms with Crippen LogP contribution in [0.3, 0.4) is 0 Å². The number of nitrogens with two attached hydrogens (primary N) is 1. The highest BCUT2D eigenvalue weighted by Gasteiger charge is 2.27. The monoisotopic (exact) mass is 198 g/mol. The molecule has 0 aliphatic carbocycles. The Morgan fingerprint density at radius 3 is 2.71 bits per heavy atom. The Hall–Kier alpha value is -0.570. The largest absolute Gasteiger partial charge is 0.342 e. The lowest BCUT2D eigenvalue weighted by atomic mass is 9.90. The van der Waals surface area contributed by atoms with Crippen molar-refractivity contribution in [3.8, 4) is 0 Å². The molecule has 1 amide bonds. The molecule has 0 aromatic heterocycles. The molecule has 1 heterocycles. The Bertz CT molecular complexity index is 213. The maximum absolute atomic E-state index is 11.7. The van der Waals surface area contributed by atoms with Crippen molar-refractivity contribution in [2.45, 2.75) is 33.6 Å². The number of hydrogen-bond donors (Lipinski definition) is 1. The van der Waals surface area contributed by atoms with Gasteiger partial charge in [-0.15, -0.1) is 0 Å². The van der Waals surface area contributed by atoms with E-state index in [1.54, 1.807) is 0 Å². The van der Waals surface area contributed by atoms with Crippen LogP contribution in [0.25, 0.3) is 0 Å². The van der Waals surface area contributed by atoms with E-state index in [4.69, 9.17) is 5.73 Å². The molecule has 0 bridgehead atoms. The Morgan fingerprint density at radius 1 is 1.57 bits per heavy atom. The summed E-state index contributed by atoms with van der Waals surface area (Å²) in [5, 5.41) is 0. The summed E-state index contributed by atoms with van der Waals surface area (Å²) in [7, 11) is 0. The first-order chi connectivity index (χ1) is 6.44. The predicted octanol–water partition coefficient (Wildman–Crippen LogP) is 1.23. The lowest BCUT2D eigenvalue weighted by Crippen LogP contribution is -2.45. The van der Waals surface area contributed by atoms with Gasteiger partial charge in [-0.2, -0.15) is 0 Å².